The molecule has 0 aliphatic rings. The number of rotatable bonds is 4. The zero-order valence-electron chi connectivity index (χ0n) is 9.61. The molecule has 0 aliphatic heterocycles. The molecule has 3 heteroatoms. The van der Waals surface area contributed by atoms with Crippen molar-refractivity contribution in [1.29, 1.82) is 0 Å². The van der Waals surface area contributed by atoms with E-state index in [4.69, 9.17) is 0 Å². The Kier molecular flexibility index (Phi) is 4.53. The van der Waals surface area contributed by atoms with Crippen LogP contribution in [0.2, 0.25) is 18.1 Å². The van der Waals surface area contributed by atoms with E-state index in [2.05, 4.69) is 36.7 Å². The molecule has 1 aromatic carbocycles. The summed E-state index contributed by atoms with van der Waals surface area (Å²) in [6.07, 6.45) is 0. The van der Waals surface area contributed by atoms with E-state index in [0.29, 0.717) is 0 Å². The lowest BCUT2D eigenvalue weighted by atomic mass is 10.3. The van der Waals surface area contributed by atoms with Crippen molar-refractivity contribution < 1.29 is 4.39 Å². The second-order valence-corrected chi connectivity index (χ2v) is 10.1. The van der Waals surface area contributed by atoms with Crippen LogP contribution in [0.4, 0.5) is 4.39 Å². The Bertz CT molecular complexity index is 326. The molecule has 0 saturated carbocycles. The van der Waals surface area contributed by atoms with Gasteiger partial charge in [0.2, 0.25) is 0 Å². The molecule has 0 amide bonds. The molecule has 0 heterocycles. The monoisotopic (exact) mass is 288 g/mol. The van der Waals surface area contributed by atoms with Gasteiger partial charge in [0.15, 0.2) is 0 Å². The summed E-state index contributed by atoms with van der Waals surface area (Å²) in [6, 6.07) is 8.70. The van der Waals surface area contributed by atoms with E-state index in [-0.39, 0.29) is 5.82 Å². The van der Waals surface area contributed by atoms with E-state index in [0.717, 1.165) is 27.8 Å². The van der Waals surface area contributed by atoms with E-state index in [1.54, 1.807) is 12.1 Å². The van der Waals surface area contributed by atoms with Crippen LogP contribution in [0, 0.1) is 5.82 Å². The van der Waals surface area contributed by atoms with Crippen LogP contribution >= 0.6 is 15.9 Å². The Labute approximate surface area is 101 Å². The molecule has 1 aromatic rings. The first-order chi connectivity index (χ1) is 7.09. The van der Waals surface area contributed by atoms with Crippen molar-refractivity contribution in [3.8, 4) is 0 Å². The van der Waals surface area contributed by atoms with Gasteiger partial charge < -0.3 is 0 Å². The van der Waals surface area contributed by atoms with Gasteiger partial charge in [-0.1, -0.05) is 54.8 Å². The Morgan fingerprint density at radius 1 is 1.13 bits per heavy atom. The van der Waals surface area contributed by atoms with Crippen molar-refractivity contribution >= 4 is 29.2 Å². The molecule has 0 bridgehead atoms. The predicted octanol–water partition coefficient (Wildman–Crippen LogP) is 4.30. The van der Waals surface area contributed by atoms with E-state index >= 15 is 0 Å². The highest BCUT2D eigenvalue weighted by Crippen LogP contribution is 2.23. The van der Waals surface area contributed by atoms with Gasteiger partial charge in [0.25, 0.3) is 0 Å². The summed E-state index contributed by atoms with van der Waals surface area (Å²) in [7, 11) is -1.57. The maximum Gasteiger partial charge on any atom is 0.122 e. The molecule has 0 spiro atoms. The third-order valence-electron chi connectivity index (χ3n) is 3.53. The van der Waals surface area contributed by atoms with E-state index in [1.807, 2.05) is 6.07 Å². The van der Waals surface area contributed by atoms with Crippen molar-refractivity contribution in [2.75, 3.05) is 0 Å². The number of benzene rings is 1. The highest BCUT2D eigenvalue weighted by molar-refractivity contribution is 9.10. The summed E-state index contributed by atoms with van der Waals surface area (Å²) < 4.78 is 14.8. The van der Waals surface area contributed by atoms with Gasteiger partial charge in [-0.25, -0.2) is 4.39 Å². The van der Waals surface area contributed by atoms with Crippen molar-refractivity contribution in [3.63, 3.8) is 0 Å². The van der Waals surface area contributed by atoms with Gasteiger partial charge in [-0.15, -0.1) is 0 Å². The van der Waals surface area contributed by atoms with Crippen molar-refractivity contribution in [2.45, 2.75) is 38.9 Å². The molecule has 0 aromatic heterocycles. The van der Waals surface area contributed by atoms with Crippen molar-refractivity contribution in [3.05, 3.63) is 28.5 Å². The molecule has 0 nitrogen and oxygen atoms in total. The Balaban J connectivity index is 3.27. The first-order valence-electron chi connectivity index (χ1n) is 5.55. The zero-order chi connectivity index (χ0) is 11.5. The molecule has 0 radical (unpaired) electrons. The lowest BCUT2D eigenvalue weighted by molar-refractivity contribution is 0.634. The maximum atomic E-state index is 13.8. The van der Waals surface area contributed by atoms with Crippen molar-refractivity contribution in [2.24, 2.45) is 0 Å². The smallest absolute Gasteiger partial charge is 0.122 e. The second kappa shape index (κ2) is 5.26. The average molecular weight is 289 g/mol. The number of halogens is 2. The second-order valence-electron chi connectivity index (χ2n) is 3.97. The molecular formula is C12H18BrFSi. The molecule has 0 aliphatic carbocycles. The minimum absolute atomic E-state index is 0.0181. The SMILES string of the molecule is CC[Si](CC)(CC)c1cc(Br)ccc1F. The van der Waals surface area contributed by atoms with Crippen molar-refractivity contribution in [1.82, 2.24) is 0 Å². The highest BCUT2D eigenvalue weighted by Gasteiger charge is 2.31. The van der Waals surface area contributed by atoms with Crippen LogP contribution in [0.25, 0.3) is 0 Å². The molecular weight excluding hydrogens is 271 g/mol. The Morgan fingerprint density at radius 2 is 1.67 bits per heavy atom. The van der Waals surface area contributed by atoms with Gasteiger partial charge in [-0.3, -0.25) is 0 Å². The summed E-state index contributed by atoms with van der Waals surface area (Å²) in [5.74, 6) is -0.0181. The topological polar surface area (TPSA) is 0 Å². The van der Waals surface area contributed by atoms with Crippen LogP contribution in [0.15, 0.2) is 22.7 Å². The fourth-order valence-electron chi connectivity index (χ4n) is 2.23. The first kappa shape index (κ1) is 12.9. The van der Waals surface area contributed by atoms with Gasteiger partial charge in [-0.2, -0.15) is 0 Å². The van der Waals surface area contributed by atoms with Gasteiger partial charge in [-0.05, 0) is 23.4 Å². The first-order valence-corrected chi connectivity index (χ1v) is 8.96. The number of hydrogen-bond acceptors (Lipinski definition) is 0. The van der Waals surface area contributed by atoms with Crippen LogP contribution in [-0.4, -0.2) is 8.07 Å². The largest absolute Gasteiger partial charge is 0.207 e. The molecule has 0 saturated heterocycles. The molecule has 15 heavy (non-hydrogen) atoms. The third kappa shape index (κ3) is 2.51. The summed E-state index contributed by atoms with van der Waals surface area (Å²) in [6.45, 7) is 6.58. The number of hydrogen-bond donors (Lipinski definition) is 0. The molecule has 1 rings (SSSR count). The highest BCUT2D eigenvalue weighted by atomic mass is 79.9. The van der Waals surface area contributed by atoms with Crippen LogP contribution in [0.3, 0.4) is 0 Å². The quantitative estimate of drug-likeness (QED) is 0.725. The van der Waals surface area contributed by atoms with Crippen LogP contribution in [0.5, 0.6) is 0 Å². The summed E-state index contributed by atoms with van der Waals surface area (Å²) in [5, 5.41) is 0.990. The zero-order valence-corrected chi connectivity index (χ0v) is 12.2. The fraction of sp³-hybridized carbons (Fsp3) is 0.500. The minimum atomic E-state index is -1.57. The standard InChI is InChI=1S/C12H18BrFSi/c1-4-15(5-2,6-3)12-9-10(13)7-8-11(12)14/h7-9H,4-6H2,1-3H3. The van der Waals surface area contributed by atoms with Gasteiger partial charge in [0.05, 0.1) is 8.07 Å². The van der Waals surface area contributed by atoms with Gasteiger partial charge in [0.1, 0.15) is 5.82 Å². The molecule has 0 fully saturated rings. The third-order valence-corrected chi connectivity index (χ3v) is 9.61. The summed E-state index contributed by atoms with van der Waals surface area (Å²) in [5.41, 5.74) is 0. The molecule has 0 atom stereocenters. The normalized spacial score (nSPS) is 11.8. The van der Waals surface area contributed by atoms with E-state index in [1.165, 1.54) is 0 Å². The van der Waals surface area contributed by atoms with Gasteiger partial charge in [0, 0.05) is 4.47 Å². The lowest BCUT2D eigenvalue weighted by Crippen LogP contribution is -2.47. The average Bonchev–Trinajstić information content (AvgIpc) is 2.26. The summed E-state index contributed by atoms with van der Waals surface area (Å²) >= 11 is 3.43. The molecule has 0 N–H and O–H groups in total. The van der Waals surface area contributed by atoms with Crippen LogP contribution in [-0.2, 0) is 0 Å². The minimum Gasteiger partial charge on any atom is -0.207 e. The fourth-order valence-corrected chi connectivity index (χ4v) is 6.49. The Morgan fingerprint density at radius 3 is 2.13 bits per heavy atom. The lowest BCUT2D eigenvalue weighted by Gasteiger charge is -2.29. The molecule has 84 valence electrons. The maximum absolute atomic E-state index is 13.8. The Hall–Kier alpha value is -0.153. The van der Waals surface area contributed by atoms with E-state index in [9.17, 15) is 4.39 Å². The predicted molar refractivity (Wildman–Crippen MR) is 70.9 cm³/mol. The van der Waals surface area contributed by atoms with Crippen LogP contribution in [0.1, 0.15) is 20.8 Å². The van der Waals surface area contributed by atoms with Crippen LogP contribution < -0.4 is 5.19 Å². The molecule has 0 unspecified atom stereocenters. The van der Waals surface area contributed by atoms with E-state index < -0.39 is 8.07 Å². The summed E-state index contributed by atoms with van der Waals surface area (Å²) in [4.78, 5) is 0. The van der Waals surface area contributed by atoms with Gasteiger partial charge >= 0.3 is 0 Å².